The number of alkyl halides is 6. The number of carbonyl (C=O) groups is 2. The number of rotatable bonds is 5. The number of likely N-dealkylation sites (tertiary alicyclic amines) is 1. The number of carbonyl (C=O) groups excluding carboxylic acids is 2. The van der Waals surface area contributed by atoms with Gasteiger partial charge in [0.15, 0.2) is 0 Å². The highest BCUT2D eigenvalue weighted by Gasteiger charge is 2.42. The minimum absolute atomic E-state index is 0.0478. The second-order valence-electron chi connectivity index (χ2n) is 10.2. The molecule has 0 aromatic heterocycles. The Morgan fingerprint density at radius 2 is 1.43 bits per heavy atom. The molecular weight excluding hydrogens is 583 g/mol. The predicted molar refractivity (Wildman–Crippen MR) is 138 cm³/mol. The van der Waals surface area contributed by atoms with Gasteiger partial charge in [0.1, 0.15) is 6.04 Å². The van der Waals surface area contributed by atoms with Gasteiger partial charge in [0, 0.05) is 32.0 Å². The van der Waals surface area contributed by atoms with Crippen molar-refractivity contribution in [1.82, 2.24) is 14.7 Å². The Morgan fingerprint density at radius 1 is 0.825 bits per heavy atom. The van der Waals surface area contributed by atoms with Gasteiger partial charge in [-0.05, 0) is 74.4 Å². The quantitative estimate of drug-likeness (QED) is 0.374. The lowest BCUT2D eigenvalue weighted by Crippen LogP contribution is -2.55. The number of benzene rings is 2. The third-order valence-electron chi connectivity index (χ3n) is 7.33. The highest BCUT2D eigenvalue weighted by atomic mass is 35.5. The molecule has 0 bridgehead atoms. The minimum Gasteiger partial charge on any atom is -0.336 e. The van der Waals surface area contributed by atoms with Gasteiger partial charge in [-0.1, -0.05) is 29.3 Å². The van der Waals surface area contributed by atoms with Gasteiger partial charge in [0.2, 0.25) is 11.8 Å². The van der Waals surface area contributed by atoms with Crippen molar-refractivity contribution >= 4 is 35.0 Å². The lowest BCUT2D eigenvalue weighted by atomic mass is 9.97. The Morgan fingerprint density at radius 3 is 1.98 bits per heavy atom. The number of hydrogen-bond acceptors (Lipinski definition) is 3. The van der Waals surface area contributed by atoms with E-state index in [2.05, 4.69) is 4.90 Å². The van der Waals surface area contributed by atoms with Crippen molar-refractivity contribution in [3.8, 4) is 0 Å². The zero-order valence-corrected chi connectivity index (χ0v) is 23.0. The average molecular weight is 610 g/mol. The van der Waals surface area contributed by atoms with Crippen LogP contribution in [-0.4, -0.2) is 65.3 Å². The van der Waals surface area contributed by atoms with Gasteiger partial charge in [-0.15, -0.1) is 0 Å². The third-order valence-corrected chi connectivity index (χ3v) is 8.07. The molecule has 2 saturated heterocycles. The van der Waals surface area contributed by atoms with E-state index >= 15 is 0 Å². The summed E-state index contributed by atoms with van der Waals surface area (Å²) in [6.07, 6.45) is -8.85. The molecule has 40 heavy (non-hydrogen) atoms. The fourth-order valence-electron chi connectivity index (χ4n) is 5.27. The monoisotopic (exact) mass is 609 g/mol. The Hall–Kier alpha value is -2.50. The summed E-state index contributed by atoms with van der Waals surface area (Å²) in [6.45, 7) is 0.751. The van der Waals surface area contributed by atoms with Crippen molar-refractivity contribution < 1.29 is 35.9 Å². The molecule has 0 saturated carbocycles. The fourth-order valence-corrected chi connectivity index (χ4v) is 5.59. The molecule has 0 aliphatic carbocycles. The van der Waals surface area contributed by atoms with Gasteiger partial charge < -0.3 is 14.7 Å². The molecule has 2 aromatic rings. The largest absolute Gasteiger partial charge is 0.416 e. The maximum Gasteiger partial charge on any atom is 0.416 e. The van der Waals surface area contributed by atoms with E-state index in [1.807, 2.05) is 7.05 Å². The van der Waals surface area contributed by atoms with E-state index in [0.717, 1.165) is 0 Å². The van der Waals surface area contributed by atoms with Crippen LogP contribution in [0.4, 0.5) is 26.3 Å². The van der Waals surface area contributed by atoms with Crippen LogP contribution in [0.2, 0.25) is 10.0 Å². The normalized spacial score (nSPS) is 20.3. The van der Waals surface area contributed by atoms with Gasteiger partial charge in [-0.3, -0.25) is 9.59 Å². The first-order chi connectivity index (χ1) is 18.6. The van der Waals surface area contributed by atoms with Crippen LogP contribution in [0.1, 0.15) is 41.5 Å². The summed E-state index contributed by atoms with van der Waals surface area (Å²) in [5.41, 5.74) is -2.64. The zero-order valence-electron chi connectivity index (χ0n) is 21.5. The fraction of sp³-hybridized carbons (Fsp3) is 0.481. The number of piperidine rings is 1. The highest BCUT2D eigenvalue weighted by Crippen LogP contribution is 2.37. The summed E-state index contributed by atoms with van der Waals surface area (Å²) in [5.74, 6) is -0.850. The smallest absolute Gasteiger partial charge is 0.336 e. The van der Waals surface area contributed by atoms with E-state index in [1.54, 1.807) is 23.1 Å². The van der Waals surface area contributed by atoms with E-state index in [0.29, 0.717) is 48.6 Å². The van der Waals surface area contributed by atoms with Gasteiger partial charge in [0.25, 0.3) is 0 Å². The molecule has 0 N–H and O–H groups in total. The maximum absolute atomic E-state index is 14.0. The second-order valence-corrected chi connectivity index (χ2v) is 11.0. The molecule has 2 aliphatic rings. The molecule has 0 radical (unpaired) electrons. The Balaban J connectivity index is 1.70. The van der Waals surface area contributed by atoms with Crippen molar-refractivity contribution in [2.75, 3.05) is 26.7 Å². The first-order valence-electron chi connectivity index (χ1n) is 12.6. The third kappa shape index (κ3) is 7.03. The van der Waals surface area contributed by atoms with Crippen molar-refractivity contribution in [2.45, 2.75) is 56.7 Å². The van der Waals surface area contributed by atoms with E-state index in [1.165, 1.54) is 4.90 Å². The summed E-state index contributed by atoms with van der Waals surface area (Å²) < 4.78 is 80.6. The van der Waals surface area contributed by atoms with Crippen LogP contribution in [0.25, 0.3) is 0 Å². The summed E-state index contributed by atoms with van der Waals surface area (Å²) in [6, 6.07) is 4.80. The SMILES string of the molecule is CN1CCC(N2C(=O)CCN(Cc3cc(C(F)(F)F)cc(C(F)(F)F)c3)C(=O)C2Cc2ccc(Cl)c(Cl)c2)CC1. The molecule has 218 valence electrons. The van der Waals surface area contributed by atoms with Crippen molar-refractivity contribution in [3.63, 3.8) is 0 Å². The van der Waals surface area contributed by atoms with Crippen LogP contribution < -0.4 is 0 Å². The molecule has 2 aliphatic heterocycles. The molecule has 1 atom stereocenters. The summed E-state index contributed by atoms with van der Waals surface area (Å²) >= 11 is 12.2. The standard InChI is InChI=1S/C27H27Cl2F6N3O2/c1-36-7-4-20(5-8-36)38-23(13-16-2-3-21(28)22(29)12-16)25(40)37(9-6-24(38)39)15-17-10-18(26(30,31)32)14-19(11-17)27(33,34)35/h2-3,10-12,14,20,23H,4-9,13,15H2,1H3. The lowest BCUT2D eigenvalue weighted by Gasteiger charge is -2.41. The molecule has 1 unspecified atom stereocenters. The number of amides is 2. The Kier molecular flexibility index (Phi) is 8.97. The molecular formula is C27H27Cl2F6N3O2. The van der Waals surface area contributed by atoms with Crippen molar-refractivity contribution in [3.05, 3.63) is 68.7 Å². The average Bonchev–Trinajstić information content (AvgIpc) is 2.97. The first-order valence-corrected chi connectivity index (χ1v) is 13.4. The molecule has 13 heteroatoms. The lowest BCUT2D eigenvalue weighted by molar-refractivity contribution is -0.145. The van der Waals surface area contributed by atoms with Gasteiger partial charge in [-0.25, -0.2) is 0 Å². The zero-order chi connectivity index (χ0) is 29.4. The van der Waals surface area contributed by atoms with Crippen LogP contribution in [-0.2, 0) is 34.9 Å². The molecule has 2 amide bonds. The van der Waals surface area contributed by atoms with Crippen molar-refractivity contribution in [2.24, 2.45) is 0 Å². The molecule has 4 rings (SSSR count). The van der Waals surface area contributed by atoms with E-state index in [9.17, 15) is 35.9 Å². The summed E-state index contributed by atoms with van der Waals surface area (Å²) in [4.78, 5) is 32.2. The highest BCUT2D eigenvalue weighted by molar-refractivity contribution is 6.42. The minimum atomic E-state index is -5.02. The Bertz CT molecular complexity index is 1230. The molecule has 2 aromatic carbocycles. The number of hydrogen-bond donors (Lipinski definition) is 0. The summed E-state index contributed by atoms with van der Waals surface area (Å²) in [7, 11) is 1.95. The van der Waals surface area contributed by atoms with E-state index < -0.39 is 42.0 Å². The van der Waals surface area contributed by atoms with Crippen LogP contribution in [0.15, 0.2) is 36.4 Å². The molecule has 2 heterocycles. The second kappa shape index (κ2) is 11.8. The van der Waals surface area contributed by atoms with E-state index in [-0.39, 0.29) is 48.0 Å². The van der Waals surface area contributed by atoms with Crippen LogP contribution in [0, 0.1) is 0 Å². The first kappa shape index (κ1) is 30.5. The van der Waals surface area contributed by atoms with Gasteiger partial charge in [-0.2, -0.15) is 26.3 Å². The molecule has 2 fully saturated rings. The molecule has 5 nitrogen and oxygen atoms in total. The number of nitrogens with zero attached hydrogens (tertiary/aromatic N) is 3. The number of halogens is 8. The topological polar surface area (TPSA) is 43.9 Å². The molecule has 0 spiro atoms. The predicted octanol–water partition coefficient (Wildman–Crippen LogP) is 6.30. The Labute approximate surface area is 237 Å². The van der Waals surface area contributed by atoms with Crippen LogP contribution >= 0.6 is 23.2 Å². The van der Waals surface area contributed by atoms with Gasteiger partial charge in [0.05, 0.1) is 21.2 Å². The maximum atomic E-state index is 14.0. The van der Waals surface area contributed by atoms with Crippen LogP contribution in [0.5, 0.6) is 0 Å². The van der Waals surface area contributed by atoms with Crippen molar-refractivity contribution in [1.29, 1.82) is 0 Å². The summed E-state index contributed by atoms with van der Waals surface area (Å²) in [5, 5.41) is 0.547. The van der Waals surface area contributed by atoms with E-state index in [4.69, 9.17) is 23.2 Å². The van der Waals surface area contributed by atoms with Crippen LogP contribution in [0.3, 0.4) is 0 Å². The van der Waals surface area contributed by atoms with Gasteiger partial charge >= 0.3 is 12.4 Å².